The molecule has 0 fully saturated rings. The van der Waals surface area contributed by atoms with Gasteiger partial charge in [-0.25, -0.2) is 4.99 Å². The molecule has 0 aliphatic carbocycles. The summed E-state index contributed by atoms with van der Waals surface area (Å²) in [6.07, 6.45) is 7.31. The highest BCUT2D eigenvalue weighted by Gasteiger charge is 2.33. The predicted molar refractivity (Wildman–Crippen MR) is 181 cm³/mol. The van der Waals surface area contributed by atoms with Gasteiger partial charge in [0.2, 0.25) is 0 Å². The smallest absolute Gasteiger partial charge is 0.271 e. The molecule has 4 aromatic carbocycles. The molecular weight excluding hydrogens is 598 g/mol. The molecule has 1 atom stereocenters. The van der Waals surface area contributed by atoms with Crippen LogP contribution in [0.15, 0.2) is 99.9 Å². The number of terminal acetylenes is 1. The summed E-state index contributed by atoms with van der Waals surface area (Å²) in [5, 5.41) is 4.94. The molecule has 2 heterocycles. The van der Waals surface area contributed by atoms with Gasteiger partial charge in [0.25, 0.3) is 11.5 Å². The van der Waals surface area contributed by atoms with Crippen LogP contribution in [0.3, 0.4) is 0 Å². The molecule has 0 radical (unpaired) electrons. The summed E-state index contributed by atoms with van der Waals surface area (Å²) in [5.41, 5.74) is 3.53. The molecule has 1 N–H and O–H groups in total. The van der Waals surface area contributed by atoms with Gasteiger partial charge < -0.3 is 19.5 Å². The van der Waals surface area contributed by atoms with Crippen LogP contribution in [0.25, 0.3) is 16.8 Å². The van der Waals surface area contributed by atoms with E-state index >= 15 is 0 Å². The second kappa shape index (κ2) is 12.8. The van der Waals surface area contributed by atoms with Gasteiger partial charge in [-0.15, -0.1) is 6.42 Å². The van der Waals surface area contributed by atoms with Crippen molar-refractivity contribution in [2.75, 3.05) is 26.1 Å². The van der Waals surface area contributed by atoms with Crippen LogP contribution in [0, 0.1) is 19.3 Å². The lowest BCUT2D eigenvalue weighted by Gasteiger charge is -2.26. The molecule has 1 aromatic heterocycles. The molecule has 0 spiro atoms. The van der Waals surface area contributed by atoms with Crippen molar-refractivity contribution >= 4 is 39.8 Å². The molecule has 46 heavy (non-hydrogen) atoms. The largest absolute Gasteiger partial charge is 0.493 e. The van der Waals surface area contributed by atoms with E-state index in [1.165, 1.54) is 11.3 Å². The number of allylic oxidation sites excluding steroid dienone is 1. The van der Waals surface area contributed by atoms with Crippen LogP contribution in [0.1, 0.15) is 29.7 Å². The number of methoxy groups -OCH3 is 2. The third-order valence-electron chi connectivity index (χ3n) is 7.90. The lowest BCUT2D eigenvalue weighted by atomic mass is 9.94. The number of amides is 1. The summed E-state index contributed by atoms with van der Waals surface area (Å²) in [7, 11) is 3.10. The van der Waals surface area contributed by atoms with Crippen molar-refractivity contribution in [3.63, 3.8) is 0 Å². The number of benzene rings is 4. The van der Waals surface area contributed by atoms with Crippen molar-refractivity contribution in [1.29, 1.82) is 0 Å². The minimum atomic E-state index is -0.799. The zero-order chi connectivity index (χ0) is 32.4. The van der Waals surface area contributed by atoms with Gasteiger partial charge in [-0.3, -0.25) is 14.2 Å². The van der Waals surface area contributed by atoms with Gasteiger partial charge in [-0.2, -0.15) is 0 Å². The average molecular weight is 630 g/mol. The van der Waals surface area contributed by atoms with E-state index in [4.69, 9.17) is 25.6 Å². The average Bonchev–Trinajstić information content (AvgIpc) is 3.37. The Morgan fingerprint density at radius 2 is 1.74 bits per heavy atom. The van der Waals surface area contributed by atoms with Gasteiger partial charge >= 0.3 is 0 Å². The Bertz CT molecular complexity index is 2260. The Morgan fingerprint density at radius 3 is 2.50 bits per heavy atom. The molecule has 1 aliphatic heterocycles. The van der Waals surface area contributed by atoms with Crippen LogP contribution in [-0.2, 0) is 4.79 Å². The van der Waals surface area contributed by atoms with Crippen LogP contribution < -0.4 is 34.4 Å². The number of nitrogens with one attached hydrogen (secondary N) is 1. The number of aryl methyl sites for hydroxylation is 1. The number of hydrogen-bond acceptors (Lipinski definition) is 7. The third kappa shape index (κ3) is 5.55. The third-order valence-corrected chi connectivity index (χ3v) is 8.88. The number of hydrogen-bond donors (Lipinski definition) is 1. The summed E-state index contributed by atoms with van der Waals surface area (Å²) in [6, 6.07) is 23.8. The lowest BCUT2D eigenvalue weighted by molar-refractivity contribution is -0.113. The summed E-state index contributed by atoms with van der Waals surface area (Å²) < 4.78 is 19.0. The molecule has 1 aliphatic rings. The zero-order valence-corrected chi connectivity index (χ0v) is 26.6. The summed E-state index contributed by atoms with van der Waals surface area (Å²) >= 11 is 1.25. The van der Waals surface area contributed by atoms with E-state index in [0.29, 0.717) is 49.1 Å². The van der Waals surface area contributed by atoms with Crippen LogP contribution in [0.2, 0.25) is 0 Å². The lowest BCUT2D eigenvalue weighted by Crippen LogP contribution is -2.40. The first kappa shape index (κ1) is 30.4. The van der Waals surface area contributed by atoms with Gasteiger partial charge in [-0.1, -0.05) is 71.9 Å². The number of thiazole rings is 1. The second-order valence-electron chi connectivity index (χ2n) is 10.7. The van der Waals surface area contributed by atoms with Crippen LogP contribution in [0.5, 0.6) is 17.2 Å². The molecule has 1 amide bonds. The van der Waals surface area contributed by atoms with Crippen LogP contribution >= 0.6 is 11.3 Å². The topological polar surface area (TPSA) is 91.1 Å². The number of carbonyl (C=O) groups is 1. The number of fused-ring (bicyclic) bond motifs is 2. The molecule has 230 valence electrons. The molecule has 0 saturated heterocycles. The number of nitrogens with zero attached hydrogens (tertiary/aromatic N) is 2. The Labute approximate surface area is 269 Å². The molecule has 6 rings (SSSR count). The predicted octanol–water partition coefficient (Wildman–Crippen LogP) is 5.36. The van der Waals surface area contributed by atoms with Gasteiger partial charge in [0.15, 0.2) is 16.3 Å². The summed E-state index contributed by atoms with van der Waals surface area (Å²) in [4.78, 5) is 33.7. The normalized spacial score (nSPS) is 14.3. The fraction of sp³-hybridized carbons (Fsp3) is 0.162. The SMILES string of the molecule is C#CCOc1ccc2ccccc2c1/C=c1\sc2n(c1=O)[C@@H](c1ccc(OC)c(OC)c1)C(C(=O)Nc1ccccc1C)=C(C)N=2. The first-order chi connectivity index (χ1) is 22.3. The Morgan fingerprint density at radius 1 is 1.00 bits per heavy atom. The maximum Gasteiger partial charge on any atom is 0.271 e. The summed E-state index contributed by atoms with van der Waals surface area (Å²) in [5.74, 6) is 3.72. The first-order valence-corrected chi connectivity index (χ1v) is 15.4. The number of ether oxygens (including phenoxy) is 3. The van der Waals surface area contributed by atoms with E-state index in [2.05, 4.69) is 11.2 Å². The standard InChI is InChI=1S/C37H31N3O5S/c1-6-19-45-29-17-15-24-12-8-9-13-26(24)27(29)21-32-36(42)40-34(25-16-18-30(43-4)31(20-25)44-5)33(23(3)38-37(40)46-32)35(41)39-28-14-10-7-11-22(28)2/h1,7-18,20-21,34H,19H2,2-5H3,(H,39,41)/b32-21-/t34-/m0/s1. The molecule has 5 aromatic rings. The number of carbonyl (C=O) groups excluding carboxylic acids is 1. The van der Waals surface area contributed by atoms with Crippen molar-refractivity contribution in [1.82, 2.24) is 4.57 Å². The number of aromatic nitrogens is 1. The van der Waals surface area contributed by atoms with Crippen LogP contribution in [-0.4, -0.2) is 31.3 Å². The maximum absolute atomic E-state index is 14.4. The van der Waals surface area contributed by atoms with Gasteiger partial charge in [0.05, 0.1) is 36.1 Å². The maximum atomic E-state index is 14.4. The zero-order valence-electron chi connectivity index (χ0n) is 25.8. The molecule has 8 nitrogen and oxygen atoms in total. The van der Waals surface area contributed by atoms with Crippen molar-refractivity contribution in [3.05, 3.63) is 127 Å². The second-order valence-corrected chi connectivity index (χ2v) is 11.7. The number of anilines is 1. The Balaban J connectivity index is 1.57. The van der Waals surface area contributed by atoms with E-state index < -0.39 is 6.04 Å². The van der Waals surface area contributed by atoms with Gasteiger partial charge in [0.1, 0.15) is 12.4 Å². The quantitative estimate of drug-likeness (QED) is 0.233. The van der Waals surface area contributed by atoms with Gasteiger partial charge in [0, 0.05) is 11.3 Å². The Kier molecular flexibility index (Phi) is 8.47. The molecule has 0 bridgehead atoms. The fourth-order valence-corrected chi connectivity index (χ4v) is 6.68. The first-order valence-electron chi connectivity index (χ1n) is 14.5. The van der Waals surface area contributed by atoms with E-state index in [-0.39, 0.29) is 18.1 Å². The fourth-order valence-electron chi connectivity index (χ4n) is 5.65. The van der Waals surface area contributed by atoms with Crippen molar-refractivity contribution in [2.45, 2.75) is 19.9 Å². The van der Waals surface area contributed by atoms with Crippen molar-refractivity contribution in [3.8, 4) is 29.6 Å². The van der Waals surface area contributed by atoms with Crippen molar-refractivity contribution < 1.29 is 19.0 Å². The van der Waals surface area contributed by atoms with Gasteiger partial charge in [-0.05, 0) is 66.1 Å². The Hall–Kier alpha value is -5.59. The molecule has 0 unspecified atom stereocenters. The highest BCUT2D eigenvalue weighted by Crippen LogP contribution is 2.36. The van der Waals surface area contributed by atoms with E-state index in [1.54, 1.807) is 37.8 Å². The molecule has 9 heteroatoms. The highest BCUT2D eigenvalue weighted by molar-refractivity contribution is 7.07. The summed E-state index contributed by atoms with van der Waals surface area (Å²) in [6.45, 7) is 3.79. The van der Waals surface area contributed by atoms with E-state index in [1.807, 2.05) is 79.7 Å². The van der Waals surface area contributed by atoms with Crippen molar-refractivity contribution in [2.24, 2.45) is 4.99 Å². The molecule has 0 saturated carbocycles. The van der Waals surface area contributed by atoms with E-state index in [9.17, 15) is 9.59 Å². The van der Waals surface area contributed by atoms with E-state index in [0.717, 1.165) is 21.9 Å². The minimum absolute atomic E-state index is 0.0816. The molecular formula is C37H31N3O5S. The number of para-hydroxylation sites is 1. The van der Waals surface area contributed by atoms with Crippen LogP contribution in [0.4, 0.5) is 5.69 Å². The minimum Gasteiger partial charge on any atom is -0.493 e. The monoisotopic (exact) mass is 629 g/mol. The highest BCUT2D eigenvalue weighted by atomic mass is 32.1. The number of rotatable bonds is 8.